The minimum atomic E-state index is -5.09. The lowest BCUT2D eigenvalue weighted by molar-refractivity contribution is -0.199. The van der Waals surface area contributed by atoms with Gasteiger partial charge in [-0.05, 0) is 54.4 Å². The molecule has 1 heterocycles. The number of nitrogen functional groups attached to an aromatic ring is 1. The lowest BCUT2D eigenvalue weighted by Gasteiger charge is -2.25. The summed E-state index contributed by atoms with van der Waals surface area (Å²) in [4.78, 5) is 18.9. The van der Waals surface area contributed by atoms with Crippen molar-refractivity contribution in [1.82, 2.24) is 9.97 Å². The van der Waals surface area contributed by atoms with Gasteiger partial charge < -0.3 is 26.0 Å². The Morgan fingerprint density at radius 1 is 1.02 bits per heavy atom. The molecule has 1 unspecified atom stereocenters. The number of nitrogens with two attached hydrogens (primary N) is 2. The highest BCUT2D eigenvalue weighted by molar-refractivity contribution is 5.85. The molecule has 8 nitrogen and oxygen atoms in total. The smallest absolute Gasteiger partial charge is 0.429 e. The molecule has 0 saturated carbocycles. The number of carboxylic acids is 1. The van der Waals surface area contributed by atoms with Crippen LogP contribution in [0.25, 0.3) is 16.7 Å². The third kappa shape index (κ3) is 9.23. The Hall–Kier alpha value is -4.04. The van der Waals surface area contributed by atoms with Gasteiger partial charge in [0, 0.05) is 11.6 Å². The van der Waals surface area contributed by atoms with Crippen molar-refractivity contribution < 1.29 is 45.7 Å². The first-order valence-corrected chi connectivity index (χ1v) is 13.1. The van der Waals surface area contributed by atoms with Crippen LogP contribution in [0.5, 0.6) is 11.6 Å². The molecule has 3 aromatic rings. The van der Waals surface area contributed by atoms with Crippen LogP contribution in [0.2, 0.25) is 0 Å². The number of anilines is 1. The normalized spacial score (nSPS) is 16.7. The van der Waals surface area contributed by atoms with E-state index in [0.29, 0.717) is 36.0 Å². The summed E-state index contributed by atoms with van der Waals surface area (Å²) in [5.41, 5.74) is 12.5. The number of aliphatic carboxylic acids is 1. The van der Waals surface area contributed by atoms with E-state index < -0.39 is 54.3 Å². The van der Waals surface area contributed by atoms with E-state index >= 15 is 0 Å². The fourth-order valence-electron chi connectivity index (χ4n) is 4.74. The van der Waals surface area contributed by atoms with Gasteiger partial charge in [-0.2, -0.15) is 31.3 Å². The minimum Gasteiger partial charge on any atom is -0.484 e. The number of halogens is 7. The van der Waals surface area contributed by atoms with Crippen LogP contribution in [-0.4, -0.2) is 46.0 Å². The van der Waals surface area contributed by atoms with Crippen molar-refractivity contribution >= 4 is 29.9 Å². The van der Waals surface area contributed by atoms with Crippen LogP contribution < -0.4 is 20.9 Å². The average Bonchev–Trinajstić information content (AvgIpc) is 2.94. The second-order valence-electron chi connectivity index (χ2n) is 10.1. The van der Waals surface area contributed by atoms with Gasteiger partial charge in [-0.25, -0.2) is 4.98 Å². The Morgan fingerprint density at radius 2 is 1.73 bits per heavy atom. The van der Waals surface area contributed by atoms with Crippen molar-refractivity contribution in [3.63, 3.8) is 0 Å². The Kier molecular flexibility index (Phi) is 11.1. The largest absolute Gasteiger partial charge is 0.484 e. The highest BCUT2D eigenvalue weighted by Crippen LogP contribution is 2.43. The molecular weight excluding hydrogens is 618 g/mol. The molecule has 0 aliphatic heterocycles. The van der Waals surface area contributed by atoms with Crippen molar-refractivity contribution in [3.05, 3.63) is 71.9 Å². The fourth-order valence-corrected chi connectivity index (χ4v) is 4.74. The van der Waals surface area contributed by atoms with Crippen LogP contribution >= 0.6 is 12.4 Å². The number of carbonyl (C=O) groups is 1. The molecule has 238 valence electrons. The first-order chi connectivity index (χ1) is 20.2. The van der Waals surface area contributed by atoms with Crippen LogP contribution in [-0.2, 0) is 4.79 Å². The van der Waals surface area contributed by atoms with Gasteiger partial charge in [0.15, 0.2) is 6.61 Å². The Morgan fingerprint density at radius 3 is 2.32 bits per heavy atom. The predicted octanol–water partition coefficient (Wildman–Crippen LogP) is 6.76. The van der Waals surface area contributed by atoms with Gasteiger partial charge in [-0.1, -0.05) is 48.5 Å². The molecule has 0 spiro atoms. The standard InChI is InChI=1S/C29H28F6N4O4.ClH/c30-28(31,32)15-42-23-13-19(17-4-2-1-3-5-17)10-11-20(23)25(29(33,34)35)43-24-14-22(38-27(37)39-24)18-8-6-16(7-9-18)12-21(36)26(40)41;/h1-5,8,10-11,13-14,16,21,25H,6-7,9,12,15,36H2,(H,40,41)(H2,37,38,39);1H/t16?,21-,25+;/m0./s1. The van der Waals surface area contributed by atoms with Gasteiger partial charge >= 0.3 is 18.3 Å². The van der Waals surface area contributed by atoms with Gasteiger partial charge in [0.05, 0.1) is 5.69 Å². The second kappa shape index (κ2) is 14.2. The first kappa shape index (κ1) is 34.5. The molecule has 1 aromatic heterocycles. The van der Waals surface area contributed by atoms with E-state index in [2.05, 4.69) is 9.97 Å². The quantitative estimate of drug-likeness (QED) is 0.206. The number of carboxylic acid groups (broad SMARTS) is 1. The topological polar surface area (TPSA) is 134 Å². The van der Waals surface area contributed by atoms with Crippen molar-refractivity contribution in [2.75, 3.05) is 12.3 Å². The maximum atomic E-state index is 14.4. The molecule has 2 aromatic carbocycles. The highest BCUT2D eigenvalue weighted by Gasteiger charge is 2.45. The summed E-state index contributed by atoms with van der Waals surface area (Å²) >= 11 is 0. The summed E-state index contributed by atoms with van der Waals surface area (Å²) in [6.45, 7) is -1.82. The van der Waals surface area contributed by atoms with Crippen LogP contribution in [0.3, 0.4) is 0 Å². The van der Waals surface area contributed by atoms with E-state index in [0.717, 1.165) is 12.1 Å². The number of allylic oxidation sites excluding steroid dienone is 2. The van der Waals surface area contributed by atoms with Gasteiger partial charge in [-0.15, -0.1) is 12.4 Å². The van der Waals surface area contributed by atoms with Gasteiger partial charge in [-0.3, -0.25) is 4.79 Å². The van der Waals surface area contributed by atoms with E-state index in [1.54, 1.807) is 36.4 Å². The molecular formula is C29H29ClF6N4O4. The molecule has 44 heavy (non-hydrogen) atoms. The van der Waals surface area contributed by atoms with E-state index in [4.69, 9.17) is 26.0 Å². The molecule has 3 atom stereocenters. The number of hydrogen-bond acceptors (Lipinski definition) is 7. The maximum absolute atomic E-state index is 14.4. The van der Waals surface area contributed by atoms with Crippen LogP contribution in [0.15, 0.2) is 60.7 Å². The number of aromatic nitrogens is 2. The number of alkyl halides is 6. The highest BCUT2D eigenvalue weighted by atomic mass is 35.5. The molecule has 0 fully saturated rings. The van der Waals surface area contributed by atoms with E-state index in [1.165, 1.54) is 12.1 Å². The van der Waals surface area contributed by atoms with Crippen LogP contribution in [0.4, 0.5) is 32.3 Å². The molecule has 4 rings (SSSR count). The Labute approximate surface area is 254 Å². The monoisotopic (exact) mass is 646 g/mol. The summed E-state index contributed by atoms with van der Waals surface area (Å²) in [6.07, 6.45) is -9.17. The van der Waals surface area contributed by atoms with Crippen molar-refractivity contribution in [1.29, 1.82) is 0 Å². The zero-order chi connectivity index (χ0) is 31.4. The average molecular weight is 647 g/mol. The van der Waals surface area contributed by atoms with Crippen LogP contribution in [0.1, 0.15) is 43.0 Å². The van der Waals surface area contributed by atoms with E-state index in [1.807, 2.05) is 0 Å². The van der Waals surface area contributed by atoms with Crippen molar-refractivity contribution in [3.8, 4) is 22.8 Å². The second-order valence-corrected chi connectivity index (χ2v) is 10.1. The molecule has 15 heteroatoms. The number of rotatable bonds is 10. The van der Waals surface area contributed by atoms with Crippen LogP contribution in [0, 0.1) is 5.92 Å². The molecule has 0 amide bonds. The third-order valence-electron chi connectivity index (χ3n) is 6.80. The fraction of sp³-hybridized carbons (Fsp3) is 0.345. The number of hydrogen-bond donors (Lipinski definition) is 3. The zero-order valence-corrected chi connectivity index (χ0v) is 23.8. The predicted molar refractivity (Wildman–Crippen MR) is 152 cm³/mol. The summed E-state index contributed by atoms with van der Waals surface area (Å²) in [7, 11) is 0. The SMILES string of the molecule is Cl.Nc1nc(O[C@H](c2ccc(-c3ccccc3)cc2OCC(F)(F)F)C(F)(F)F)cc(C2=CCC(C[C@H](N)C(=O)O)CC2)n1. The zero-order valence-electron chi connectivity index (χ0n) is 22.9. The minimum absolute atomic E-state index is 0. The Balaban J connectivity index is 0.00000529. The lowest BCUT2D eigenvalue weighted by Crippen LogP contribution is -2.32. The maximum Gasteiger partial charge on any atom is 0.429 e. The first-order valence-electron chi connectivity index (χ1n) is 13.1. The summed E-state index contributed by atoms with van der Waals surface area (Å²) < 4.78 is 92.3. The summed E-state index contributed by atoms with van der Waals surface area (Å²) in [6, 6.07) is 11.9. The van der Waals surface area contributed by atoms with E-state index in [-0.39, 0.29) is 36.4 Å². The number of nitrogens with zero attached hydrogens (tertiary/aromatic N) is 2. The van der Waals surface area contributed by atoms with Crippen molar-refractivity contribution in [2.45, 2.75) is 50.2 Å². The third-order valence-corrected chi connectivity index (χ3v) is 6.80. The number of ether oxygens (including phenoxy) is 2. The molecule has 5 N–H and O–H groups in total. The Bertz CT molecular complexity index is 1470. The molecule has 0 saturated heterocycles. The number of benzene rings is 2. The van der Waals surface area contributed by atoms with E-state index in [9.17, 15) is 31.1 Å². The molecule has 0 bridgehead atoms. The summed E-state index contributed by atoms with van der Waals surface area (Å²) in [5.74, 6) is -2.70. The lowest BCUT2D eigenvalue weighted by atomic mass is 9.84. The molecule has 1 aliphatic carbocycles. The van der Waals surface area contributed by atoms with Crippen molar-refractivity contribution in [2.24, 2.45) is 11.7 Å². The van der Waals surface area contributed by atoms with Gasteiger partial charge in [0.25, 0.3) is 0 Å². The molecule has 1 aliphatic rings. The summed E-state index contributed by atoms with van der Waals surface area (Å²) in [5, 5.41) is 9.04. The van der Waals surface area contributed by atoms with Gasteiger partial charge in [0.2, 0.25) is 17.9 Å². The molecule has 0 radical (unpaired) electrons. The van der Waals surface area contributed by atoms with Gasteiger partial charge in [0.1, 0.15) is 11.8 Å².